The maximum absolute atomic E-state index is 13.6. The van der Waals surface area contributed by atoms with Gasteiger partial charge in [-0.2, -0.15) is 0 Å². The van der Waals surface area contributed by atoms with Gasteiger partial charge in [0, 0.05) is 6.07 Å². The molecule has 1 aliphatic heterocycles. The van der Waals surface area contributed by atoms with Gasteiger partial charge in [-0.15, -0.1) is 12.4 Å². The van der Waals surface area contributed by atoms with E-state index in [2.05, 4.69) is 15.5 Å². The Labute approximate surface area is 148 Å². The van der Waals surface area contributed by atoms with E-state index in [0.29, 0.717) is 5.92 Å². The molecule has 136 valence electrons. The largest absolute Gasteiger partial charge is 0.322 e. The molecule has 0 bridgehead atoms. The van der Waals surface area contributed by atoms with Crippen LogP contribution in [0, 0.1) is 17.6 Å². The first-order valence-corrected chi connectivity index (χ1v) is 8.16. The minimum absolute atomic E-state index is 0. The van der Waals surface area contributed by atoms with E-state index >= 15 is 0 Å². The molecule has 0 saturated carbocycles. The molecule has 1 unspecified atom stereocenters. The number of nitrogens with one attached hydrogen (secondary N) is 2. The lowest BCUT2D eigenvalue weighted by Crippen LogP contribution is -2.46. The van der Waals surface area contributed by atoms with E-state index in [1.807, 2.05) is 7.05 Å². The summed E-state index contributed by atoms with van der Waals surface area (Å²) < 4.78 is 26.8. The number of carbonyl (C=O) groups excluding carboxylic acids is 1. The Balaban J connectivity index is 0.00000288. The Morgan fingerprint density at radius 1 is 1.33 bits per heavy atom. The summed E-state index contributed by atoms with van der Waals surface area (Å²) in [5.41, 5.74) is -0.106. The van der Waals surface area contributed by atoms with Crippen molar-refractivity contribution < 1.29 is 13.6 Å². The molecular formula is C17H26ClF2N3O. The Morgan fingerprint density at radius 2 is 2.00 bits per heavy atom. The molecule has 1 heterocycles. The molecule has 0 aromatic heterocycles. The number of halogens is 3. The summed E-state index contributed by atoms with van der Waals surface area (Å²) in [4.78, 5) is 14.4. The highest BCUT2D eigenvalue weighted by Gasteiger charge is 2.26. The average Bonchev–Trinajstić information content (AvgIpc) is 2.56. The molecule has 0 aliphatic carbocycles. The smallest absolute Gasteiger partial charge is 0.241 e. The van der Waals surface area contributed by atoms with Gasteiger partial charge in [0.05, 0.1) is 11.7 Å². The fraction of sp³-hybridized carbons (Fsp3) is 0.588. The van der Waals surface area contributed by atoms with Crippen molar-refractivity contribution in [1.82, 2.24) is 10.2 Å². The van der Waals surface area contributed by atoms with Crippen LogP contribution in [-0.4, -0.2) is 43.5 Å². The lowest BCUT2D eigenvalue weighted by atomic mass is 9.93. The summed E-state index contributed by atoms with van der Waals surface area (Å²) in [6.45, 7) is 4.53. The van der Waals surface area contributed by atoms with E-state index in [4.69, 9.17) is 0 Å². The van der Waals surface area contributed by atoms with Crippen molar-refractivity contribution in [3.63, 3.8) is 0 Å². The van der Waals surface area contributed by atoms with Crippen LogP contribution in [0.5, 0.6) is 0 Å². The van der Waals surface area contributed by atoms with Crippen LogP contribution < -0.4 is 10.6 Å². The summed E-state index contributed by atoms with van der Waals surface area (Å²) in [5.74, 6) is -0.810. The Hall–Kier alpha value is -1.24. The monoisotopic (exact) mass is 361 g/mol. The third-order valence-electron chi connectivity index (χ3n) is 4.57. The lowest BCUT2D eigenvalue weighted by molar-refractivity contribution is -0.121. The number of amides is 1. The number of anilines is 1. The van der Waals surface area contributed by atoms with Crippen LogP contribution in [-0.2, 0) is 4.79 Å². The van der Waals surface area contributed by atoms with Crippen LogP contribution in [0.1, 0.15) is 26.2 Å². The first kappa shape index (κ1) is 20.8. The molecule has 7 heteroatoms. The topological polar surface area (TPSA) is 44.4 Å². The highest BCUT2D eigenvalue weighted by atomic mass is 35.5. The normalized spacial score (nSPS) is 17.2. The van der Waals surface area contributed by atoms with Gasteiger partial charge >= 0.3 is 0 Å². The Morgan fingerprint density at radius 3 is 2.62 bits per heavy atom. The zero-order valence-corrected chi connectivity index (χ0v) is 15.0. The molecule has 1 atom stereocenters. The molecule has 1 aromatic carbocycles. The molecule has 1 aromatic rings. The second kappa shape index (κ2) is 9.91. The number of likely N-dealkylation sites (tertiary alicyclic amines) is 1. The minimum atomic E-state index is -0.627. The summed E-state index contributed by atoms with van der Waals surface area (Å²) in [7, 11) is 1.95. The number of nitrogens with zero attached hydrogens (tertiary/aromatic N) is 1. The zero-order valence-electron chi connectivity index (χ0n) is 14.1. The van der Waals surface area contributed by atoms with Gasteiger partial charge in [0.25, 0.3) is 0 Å². The number of piperidine rings is 1. The number of carbonyl (C=O) groups is 1. The number of rotatable bonds is 6. The van der Waals surface area contributed by atoms with Crippen LogP contribution in [0.25, 0.3) is 0 Å². The van der Waals surface area contributed by atoms with E-state index in [9.17, 15) is 13.6 Å². The number of benzene rings is 1. The van der Waals surface area contributed by atoms with Gasteiger partial charge in [0.15, 0.2) is 0 Å². The molecule has 1 fully saturated rings. The predicted molar refractivity (Wildman–Crippen MR) is 94.5 cm³/mol. The van der Waals surface area contributed by atoms with E-state index in [1.54, 1.807) is 6.92 Å². The molecule has 1 amide bonds. The van der Waals surface area contributed by atoms with Crippen molar-refractivity contribution in [2.75, 3.05) is 32.0 Å². The van der Waals surface area contributed by atoms with Crippen LogP contribution in [0.2, 0.25) is 0 Å². The van der Waals surface area contributed by atoms with Gasteiger partial charge in [-0.05, 0) is 70.9 Å². The molecule has 1 saturated heterocycles. The molecule has 2 rings (SSSR count). The van der Waals surface area contributed by atoms with Gasteiger partial charge in [0.1, 0.15) is 11.6 Å². The SMILES string of the molecule is CNCCC1CCN(C(C)C(=O)Nc2cc(F)ccc2F)CC1.Cl. The molecule has 0 radical (unpaired) electrons. The number of hydrogen-bond acceptors (Lipinski definition) is 3. The summed E-state index contributed by atoms with van der Waals surface area (Å²) >= 11 is 0. The molecule has 4 nitrogen and oxygen atoms in total. The predicted octanol–water partition coefficient (Wildman–Crippen LogP) is 3.04. The standard InChI is InChI=1S/C17H25F2N3O.ClH/c1-12(22-9-6-13(7-10-22)5-8-20-2)17(23)21-16-11-14(18)3-4-15(16)19;/h3-4,11-13,20H,5-10H2,1-2H3,(H,21,23);1H. The first-order valence-electron chi connectivity index (χ1n) is 8.16. The van der Waals surface area contributed by atoms with Crippen LogP contribution in [0.4, 0.5) is 14.5 Å². The van der Waals surface area contributed by atoms with E-state index < -0.39 is 11.6 Å². The summed E-state index contributed by atoms with van der Waals surface area (Å²) in [6.07, 6.45) is 3.28. The third-order valence-corrected chi connectivity index (χ3v) is 4.57. The lowest BCUT2D eigenvalue weighted by Gasteiger charge is -2.35. The molecule has 0 spiro atoms. The maximum atomic E-state index is 13.6. The Bertz CT molecular complexity index is 537. The van der Waals surface area contributed by atoms with Crippen LogP contribution >= 0.6 is 12.4 Å². The second-order valence-electron chi connectivity index (χ2n) is 6.16. The van der Waals surface area contributed by atoms with Crippen LogP contribution in [0.3, 0.4) is 0 Å². The van der Waals surface area contributed by atoms with E-state index in [0.717, 1.165) is 57.1 Å². The molecular weight excluding hydrogens is 336 g/mol. The van der Waals surface area contributed by atoms with Crippen molar-refractivity contribution in [2.24, 2.45) is 5.92 Å². The fourth-order valence-electron chi connectivity index (χ4n) is 2.97. The quantitative estimate of drug-likeness (QED) is 0.818. The van der Waals surface area contributed by atoms with Crippen molar-refractivity contribution >= 4 is 24.0 Å². The van der Waals surface area contributed by atoms with Gasteiger partial charge < -0.3 is 10.6 Å². The number of hydrogen-bond donors (Lipinski definition) is 2. The van der Waals surface area contributed by atoms with E-state index in [1.165, 1.54) is 0 Å². The van der Waals surface area contributed by atoms with E-state index in [-0.39, 0.29) is 30.0 Å². The van der Waals surface area contributed by atoms with Crippen molar-refractivity contribution in [1.29, 1.82) is 0 Å². The van der Waals surface area contributed by atoms with Crippen molar-refractivity contribution in [2.45, 2.75) is 32.2 Å². The minimum Gasteiger partial charge on any atom is -0.322 e. The Kier molecular flexibility index (Phi) is 8.59. The van der Waals surface area contributed by atoms with Crippen molar-refractivity contribution in [3.05, 3.63) is 29.8 Å². The molecule has 1 aliphatic rings. The zero-order chi connectivity index (χ0) is 16.8. The van der Waals surface area contributed by atoms with Gasteiger partial charge in [0.2, 0.25) is 5.91 Å². The average molecular weight is 362 g/mol. The fourth-order valence-corrected chi connectivity index (χ4v) is 2.97. The maximum Gasteiger partial charge on any atom is 0.241 e. The first-order chi connectivity index (χ1) is 11.0. The van der Waals surface area contributed by atoms with Gasteiger partial charge in [-0.3, -0.25) is 9.69 Å². The van der Waals surface area contributed by atoms with Crippen molar-refractivity contribution in [3.8, 4) is 0 Å². The van der Waals surface area contributed by atoms with Gasteiger partial charge in [-0.25, -0.2) is 8.78 Å². The van der Waals surface area contributed by atoms with Crippen LogP contribution in [0.15, 0.2) is 18.2 Å². The molecule has 2 N–H and O–H groups in total. The summed E-state index contributed by atoms with van der Waals surface area (Å²) in [5, 5.41) is 5.65. The molecule has 24 heavy (non-hydrogen) atoms. The summed E-state index contributed by atoms with van der Waals surface area (Å²) in [6, 6.07) is 2.69. The van der Waals surface area contributed by atoms with Gasteiger partial charge in [-0.1, -0.05) is 0 Å². The highest BCUT2D eigenvalue weighted by Crippen LogP contribution is 2.22. The highest BCUT2D eigenvalue weighted by molar-refractivity contribution is 5.94. The second-order valence-corrected chi connectivity index (χ2v) is 6.16. The third kappa shape index (κ3) is 5.69.